The summed E-state index contributed by atoms with van der Waals surface area (Å²) in [5.74, 6) is 0.547. The van der Waals surface area contributed by atoms with Crippen LogP contribution in [-0.2, 0) is 17.6 Å². The van der Waals surface area contributed by atoms with Gasteiger partial charge in [0.25, 0.3) is 0 Å². The zero-order valence-electron chi connectivity index (χ0n) is 17.2. The molecule has 32 heavy (non-hydrogen) atoms. The molecule has 3 aromatic carbocycles. The van der Waals surface area contributed by atoms with Gasteiger partial charge in [-0.2, -0.15) is 0 Å². The number of carboxylic acid groups (broad SMARTS) is 1. The summed E-state index contributed by atoms with van der Waals surface area (Å²) in [6, 6.07) is 17.6. The van der Waals surface area contributed by atoms with Crippen molar-refractivity contribution in [1.29, 1.82) is 0 Å². The van der Waals surface area contributed by atoms with Crippen LogP contribution in [0.3, 0.4) is 0 Å². The Bertz CT molecular complexity index is 1280. The van der Waals surface area contributed by atoms with E-state index in [1.54, 1.807) is 0 Å². The molecule has 7 heteroatoms. The normalized spacial score (nSPS) is 11.1. The minimum atomic E-state index is -0.818. The number of ether oxygens (including phenoxy) is 1. The van der Waals surface area contributed by atoms with Gasteiger partial charge in [-0.15, -0.1) is 0 Å². The predicted octanol–water partition coefficient (Wildman–Crippen LogP) is 8.39. The molecule has 0 atom stereocenters. The summed E-state index contributed by atoms with van der Waals surface area (Å²) in [5.41, 5.74) is 5.35. The number of aromatic nitrogens is 1. The van der Waals surface area contributed by atoms with E-state index >= 15 is 0 Å². The summed E-state index contributed by atoms with van der Waals surface area (Å²) < 4.78 is 7.74. The van der Waals surface area contributed by atoms with Crippen molar-refractivity contribution in [2.45, 2.75) is 26.2 Å². The fraction of sp³-hybridized carbons (Fsp3) is 0.160. The molecule has 0 amide bonds. The number of hydrogen-bond donors (Lipinski definition) is 2. The van der Waals surface area contributed by atoms with Crippen molar-refractivity contribution in [3.05, 3.63) is 79.7 Å². The van der Waals surface area contributed by atoms with E-state index in [0.717, 1.165) is 43.1 Å². The largest absolute Gasteiger partial charge is 0.481 e. The summed E-state index contributed by atoms with van der Waals surface area (Å²) >= 11 is 13.2. The molecule has 4 nitrogen and oxygen atoms in total. The number of nitrogens with one attached hydrogen (secondary N) is 1. The molecular weight excluding hydrogens is 558 g/mol. The van der Waals surface area contributed by atoms with Crippen LogP contribution in [-0.4, -0.2) is 16.1 Å². The first-order valence-electron chi connectivity index (χ1n) is 10.1. The van der Waals surface area contributed by atoms with E-state index in [9.17, 15) is 4.79 Å². The first kappa shape index (κ1) is 22.9. The number of benzene rings is 3. The molecule has 0 aliphatic carbocycles. The third-order valence-electron chi connectivity index (χ3n) is 5.27. The molecule has 2 N–H and O–H groups in total. The van der Waals surface area contributed by atoms with Crippen molar-refractivity contribution in [3.63, 3.8) is 0 Å². The lowest BCUT2D eigenvalue weighted by Crippen LogP contribution is -1.98. The van der Waals surface area contributed by atoms with Crippen molar-refractivity contribution < 1.29 is 14.6 Å². The zero-order chi connectivity index (χ0) is 22.8. The van der Waals surface area contributed by atoms with Crippen LogP contribution in [0.2, 0.25) is 5.02 Å². The van der Waals surface area contributed by atoms with Crippen molar-refractivity contribution in [3.8, 4) is 22.8 Å². The summed E-state index contributed by atoms with van der Waals surface area (Å²) in [5, 5.41) is 10.7. The van der Waals surface area contributed by atoms with E-state index in [4.69, 9.17) is 21.4 Å². The average Bonchev–Trinajstić information content (AvgIpc) is 3.13. The number of carbonyl (C=O) groups is 1. The fourth-order valence-electron chi connectivity index (χ4n) is 3.74. The molecule has 0 saturated carbocycles. The van der Waals surface area contributed by atoms with Gasteiger partial charge in [0.05, 0.1) is 8.95 Å². The van der Waals surface area contributed by atoms with Crippen molar-refractivity contribution >= 4 is 60.3 Å². The molecule has 0 unspecified atom stereocenters. The Morgan fingerprint density at radius 2 is 1.75 bits per heavy atom. The Morgan fingerprint density at radius 1 is 1.06 bits per heavy atom. The third-order valence-corrected chi connectivity index (χ3v) is 6.70. The number of aliphatic carboxylic acids is 1. The molecule has 0 saturated heterocycles. The lowest BCUT2D eigenvalue weighted by atomic mass is 10.0. The second-order valence-electron chi connectivity index (χ2n) is 7.43. The Morgan fingerprint density at radius 3 is 2.38 bits per heavy atom. The van der Waals surface area contributed by atoms with Crippen LogP contribution >= 0.6 is 43.5 Å². The van der Waals surface area contributed by atoms with Gasteiger partial charge in [0.2, 0.25) is 0 Å². The number of fused-ring (bicyclic) bond motifs is 1. The highest BCUT2D eigenvalue weighted by Crippen LogP contribution is 2.40. The Kier molecular flexibility index (Phi) is 6.93. The lowest BCUT2D eigenvalue weighted by molar-refractivity contribution is -0.136. The van der Waals surface area contributed by atoms with Crippen LogP contribution in [0, 0.1) is 0 Å². The minimum Gasteiger partial charge on any atom is -0.481 e. The minimum absolute atomic E-state index is 0.0823. The van der Waals surface area contributed by atoms with Gasteiger partial charge >= 0.3 is 5.97 Å². The first-order valence-corrected chi connectivity index (χ1v) is 12.1. The van der Waals surface area contributed by atoms with Gasteiger partial charge in [-0.25, -0.2) is 0 Å². The predicted molar refractivity (Wildman–Crippen MR) is 136 cm³/mol. The first-order chi connectivity index (χ1) is 15.4. The maximum atomic E-state index is 10.9. The van der Waals surface area contributed by atoms with Gasteiger partial charge in [0, 0.05) is 28.0 Å². The Balaban J connectivity index is 1.67. The van der Waals surface area contributed by atoms with E-state index in [-0.39, 0.29) is 6.42 Å². The van der Waals surface area contributed by atoms with Gasteiger partial charge in [-0.1, -0.05) is 30.7 Å². The molecule has 4 aromatic rings. The molecule has 1 heterocycles. The van der Waals surface area contributed by atoms with Gasteiger partial charge in [-0.05, 0) is 104 Å². The topological polar surface area (TPSA) is 62.3 Å². The highest BCUT2D eigenvalue weighted by Gasteiger charge is 2.15. The number of halogens is 3. The lowest BCUT2D eigenvalue weighted by Gasteiger charge is -2.12. The summed E-state index contributed by atoms with van der Waals surface area (Å²) in [7, 11) is 0. The summed E-state index contributed by atoms with van der Waals surface area (Å²) in [6.45, 7) is 2.14. The molecule has 0 radical (unpaired) electrons. The number of carboxylic acids is 1. The van der Waals surface area contributed by atoms with Gasteiger partial charge in [0.1, 0.15) is 5.75 Å². The van der Waals surface area contributed by atoms with Crippen LogP contribution in [0.1, 0.15) is 24.5 Å². The van der Waals surface area contributed by atoms with Crippen LogP contribution in [0.5, 0.6) is 11.5 Å². The molecule has 0 fully saturated rings. The van der Waals surface area contributed by atoms with Gasteiger partial charge < -0.3 is 14.8 Å². The smallest absolute Gasteiger partial charge is 0.303 e. The second-order valence-corrected chi connectivity index (χ2v) is 9.58. The van der Waals surface area contributed by atoms with Crippen molar-refractivity contribution in [2.24, 2.45) is 0 Å². The average molecular weight is 578 g/mol. The molecule has 0 aliphatic heterocycles. The summed E-state index contributed by atoms with van der Waals surface area (Å²) in [4.78, 5) is 14.4. The Labute approximate surface area is 207 Å². The van der Waals surface area contributed by atoms with Crippen molar-refractivity contribution in [1.82, 2.24) is 4.98 Å². The SMILES string of the molecule is CCc1c(-c2ccc(Cl)cc2)[nH]c2ccc(Oc3c(Br)cc(CCC(=O)O)cc3Br)cc12. The number of aromatic amines is 1. The van der Waals surface area contributed by atoms with Crippen LogP contribution in [0.4, 0.5) is 0 Å². The maximum absolute atomic E-state index is 10.9. The number of aryl methyl sites for hydroxylation is 2. The van der Waals surface area contributed by atoms with E-state index < -0.39 is 5.97 Å². The van der Waals surface area contributed by atoms with Gasteiger partial charge in [0.15, 0.2) is 5.75 Å². The quantitative estimate of drug-likeness (QED) is 0.232. The second kappa shape index (κ2) is 9.69. The molecule has 0 aliphatic rings. The highest BCUT2D eigenvalue weighted by molar-refractivity contribution is 9.11. The fourth-order valence-corrected chi connectivity index (χ4v) is 5.31. The van der Waals surface area contributed by atoms with E-state index in [1.807, 2.05) is 54.6 Å². The van der Waals surface area contributed by atoms with Crippen molar-refractivity contribution in [2.75, 3.05) is 0 Å². The van der Waals surface area contributed by atoms with Crippen LogP contribution in [0.15, 0.2) is 63.5 Å². The highest BCUT2D eigenvalue weighted by atomic mass is 79.9. The number of hydrogen-bond acceptors (Lipinski definition) is 2. The third kappa shape index (κ3) is 4.87. The summed E-state index contributed by atoms with van der Waals surface area (Å²) in [6.07, 6.45) is 1.40. The standard InChI is InChI=1S/C25H20Br2ClNO3/c1-2-18-19-13-17(8-9-22(19)29-24(18)15-4-6-16(28)7-5-15)32-25-20(26)11-14(12-21(25)27)3-10-23(30)31/h4-9,11-13,29H,2-3,10H2,1H3,(H,30,31). The van der Waals surface area contributed by atoms with E-state index in [0.29, 0.717) is 22.9 Å². The molecule has 4 rings (SSSR count). The molecule has 1 aromatic heterocycles. The van der Waals surface area contributed by atoms with E-state index in [1.165, 1.54) is 5.56 Å². The van der Waals surface area contributed by atoms with Crippen LogP contribution < -0.4 is 4.74 Å². The van der Waals surface area contributed by atoms with Crippen LogP contribution in [0.25, 0.3) is 22.2 Å². The zero-order valence-corrected chi connectivity index (χ0v) is 21.1. The maximum Gasteiger partial charge on any atom is 0.303 e. The molecule has 164 valence electrons. The Hall–Kier alpha value is -2.28. The molecule has 0 spiro atoms. The number of rotatable bonds is 7. The number of H-pyrrole nitrogens is 1. The van der Waals surface area contributed by atoms with E-state index in [2.05, 4.69) is 43.8 Å². The van der Waals surface area contributed by atoms with Gasteiger partial charge in [-0.3, -0.25) is 4.79 Å². The molecular formula is C25H20Br2ClNO3. The molecule has 0 bridgehead atoms. The monoisotopic (exact) mass is 575 g/mol.